The highest BCUT2D eigenvalue weighted by atomic mass is 31.1. The monoisotopic (exact) mass is 257 g/mol. The molecule has 0 aromatic heterocycles. The fraction of sp³-hybridized carbons (Fsp3) is 0.364. The van der Waals surface area contributed by atoms with Crippen molar-refractivity contribution in [2.24, 2.45) is 0 Å². The van der Waals surface area contributed by atoms with Gasteiger partial charge < -0.3 is 9.26 Å². The molecule has 0 bridgehead atoms. The van der Waals surface area contributed by atoms with Gasteiger partial charge in [0.1, 0.15) is 12.8 Å². The van der Waals surface area contributed by atoms with E-state index in [2.05, 4.69) is 5.32 Å². The van der Waals surface area contributed by atoms with Crippen LogP contribution in [0, 0.1) is 0 Å². The van der Waals surface area contributed by atoms with Gasteiger partial charge in [-0.2, -0.15) is 0 Å². The smallest absolute Gasteiger partial charge is 0.409 e. The number of carbonyl (C=O) groups is 1. The zero-order valence-electron chi connectivity index (χ0n) is 9.80. The molecule has 17 heavy (non-hydrogen) atoms. The summed E-state index contributed by atoms with van der Waals surface area (Å²) in [5.74, 6) is 0. The minimum absolute atomic E-state index is 0.195. The summed E-state index contributed by atoms with van der Waals surface area (Å²) in [6, 6.07) is 9.34. The molecule has 94 valence electrons. The summed E-state index contributed by atoms with van der Waals surface area (Å²) in [5, 5.41) is 2.42. The predicted octanol–water partition coefficient (Wildman–Crippen LogP) is 2.38. The van der Waals surface area contributed by atoms with Gasteiger partial charge in [0, 0.05) is 6.66 Å². The number of alkyl carbamates (subject to hydrolysis) is 1. The summed E-state index contributed by atoms with van der Waals surface area (Å²) in [6.45, 7) is 3.24. The van der Waals surface area contributed by atoms with Crippen molar-refractivity contribution in [3.63, 3.8) is 0 Å². The first-order chi connectivity index (χ1) is 8.08. The number of hydrogen-bond acceptors (Lipinski definition) is 4. The summed E-state index contributed by atoms with van der Waals surface area (Å²) in [5.41, 5.74) is 0.903. The minimum atomic E-state index is -2.07. The third-order valence-corrected chi connectivity index (χ3v) is 2.56. The Bertz CT molecular complexity index is 382. The Morgan fingerprint density at radius 3 is 2.65 bits per heavy atom. The van der Waals surface area contributed by atoms with Crippen molar-refractivity contribution in [3.05, 3.63) is 35.9 Å². The van der Waals surface area contributed by atoms with Crippen LogP contribution in [-0.4, -0.2) is 19.0 Å². The Labute approximate surface area is 101 Å². The highest BCUT2D eigenvalue weighted by Gasteiger charge is 2.09. The number of carbonyl (C=O) groups excluding carboxylic acids is 1. The molecule has 1 rings (SSSR count). The predicted molar refractivity (Wildman–Crippen MR) is 65.2 cm³/mol. The second kappa shape index (κ2) is 7.09. The molecule has 0 aliphatic carbocycles. The third-order valence-electron chi connectivity index (χ3n) is 1.88. The molecule has 1 aromatic rings. The van der Waals surface area contributed by atoms with E-state index in [-0.39, 0.29) is 6.61 Å². The van der Waals surface area contributed by atoms with Crippen molar-refractivity contribution in [2.45, 2.75) is 19.8 Å². The highest BCUT2D eigenvalue weighted by Crippen LogP contribution is 2.17. The molecule has 2 atom stereocenters. The van der Waals surface area contributed by atoms with Crippen molar-refractivity contribution in [1.82, 2.24) is 5.32 Å². The largest absolute Gasteiger partial charge is 0.445 e. The summed E-state index contributed by atoms with van der Waals surface area (Å²) in [6.07, 6.45) is -1.21. The fourth-order valence-electron chi connectivity index (χ4n) is 1.21. The SMILES string of the molecule is C[C@H](NC(=O)OCc1ccccc1)O[PH](C)=O. The number of ether oxygens (including phenoxy) is 1. The molecule has 0 aliphatic heterocycles. The molecule has 0 aliphatic rings. The Kier molecular flexibility index (Phi) is 5.73. The first kappa shape index (κ1) is 13.7. The van der Waals surface area contributed by atoms with E-state index >= 15 is 0 Å². The van der Waals surface area contributed by atoms with E-state index in [0.29, 0.717) is 0 Å². The van der Waals surface area contributed by atoms with Gasteiger partial charge in [0.25, 0.3) is 0 Å². The van der Waals surface area contributed by atoms with E-state index in [4.69, 9.17) is 9.26 Å². The zero-order chi connectivity index (χ0) is 12.7. The number of nitrogens with one attached hydrogen (secondary N) is 1. The van der Waals surface area contributed by atoms with Crippen LogP contribution >= 0.6 is 8.03 Å². The molecule has 5 nitrogen and oxygen atoms in total. The van der Waals surface area contributed by atoms with E-state index in [9.17, 15) is 9.36 Å². The van der Waals surface area contributed by atoms with Crippen LogP contribution in [0.3, 0.4) is 0 Å². The van der Waals surface area contributed by atoms with Crippen LogP contribution in [0.1, 0.15) is 12.5 Å². The van der Waals surface area contributed by atoms with Crippen LogP contribution in [0.15, 0.2) is 30.3 Å². The second-order valence-corrected chi connectivity index (χ2v) is 4.68. The summed E-state index contributed by atoms with van der Waals surface area (Å²) in [4.78, 5) is 11.3. The Morgan fingerprint density at radius 2 is 2.06 bits per heavy atom. The maximum atomic E-state index is 11.3. The molecule has 0 spiro atoms. The number of rotatable bonds is 5. The van der Waals surface area contributed by atoms with Gasteiger partial charge >= 0.3 is 6.09 Å². The van der Waals surface area contributed by atoms with Crippen LogP contribution in [0.4, 0.5) is 4.79 Å². The molecular weight excluding hydrogens is 241 g/mol. The van der Waals surface area contributed by atoms with Gasteiger partial charge in [-0.25, -0.2) is 4.79 Å². The van der Waals surface area contributed by atoms with Gasteiger partial charge in [0.2, 0.25) is 0 Å². The number of amides is 1. The van der Waals surface area contributed by atoms with Crippen molar-refractivity contribution in [2.75, 3.05) is 6.66 Å². The van der Waals surface area contributed by atoms with Gasteiger partial charge in [0.05, 0.1) is 0 Å². The molecular formula is C11H16NO4P. The Hall–Kier alpha value is -1.32. The van der Waals surface area contributed by atoms with Crippen LogP contribution in [0.2, 0.25) is 0 Å². The summed E-state index contributed by atoms with van der Waals surface area (Å²) in [7, 11) is -2.07. The average Bonchev–Trinajstić information content (AvgIpc) is 2.26. The quantitative estimate of drug-likeness (QED) is 0.649. The first-order valence-corrected chi connectivity index (χ1v) is 7.04. The highest BCUT2D eigenvalue weighted by molar-refractivity contribution is 7.38. The average molecular weight is 257 g/mol. The number of benzene rings is 1. The normalized spacial score (nSPS) is 13.8. The Balaban J connectivity index is 2.28. The lowest BCUT2D eigenvalue weighted by atomic mass is 10.2. The lowest BCUT2D eigenvalue weighted by molar-refractivity contribution is 0.114. The topological polar surface area (TPSA) is 64.6 Å². The first-order valence-electron chi connectivity index (χ1n) is 5.22. The van der Waals surface area contributed by atoms with Gasteiger partial charge in [-0.1, -0.05) is 30.3 Å². The molecule has 6 heteroatoms. The molecule has 1 N–H and O–H groups in total. The van der Waals surface area contributed by atoms with Gasteiger partial charge in [-0.3, -0.25) is 9.88 Å². The summed E-state index contributed by atoms with van der Waals surface area (Å²) >= 11 is 0. The molecule has 0 radical (unpaired) electrons. The van der Waals surface area contributed by atoms with Crippen molar-refractivity contribution < 1.29 is 18.6 Å². The van der Waals surface area contributed by atoms with Crippen LogP contribution in [-0.2, 0) is 20.4 Å². The molecule has 0 fully saturated rings. The van der Waals surface area contributed by atoms with E-state index in [0.717, 1.165) is 5.56 Å². The van der Waals surface area contributed by atoms with Crippen molar-refractivity contribution in [3.8, 4) is 0 Å². The zero-order valence-corrected chi connectivity index (χ0v) is 10.8. The van der Waals surface area contributed by atoms with Crippen molar-refractivity contribution in [1.29, 1.82) is 0 Å². The maximum Gasteiger partial charge on any atom is 0.409 e. The standard InChI is InChI=1S/C11H16NO4P/c1-9(16-17(2)14)12-11(13)15-8-10-6-4-3-5-7-10/h3-7,9,17H,8H2,1-2H3,(H,12,13)/t9-/m1/s1. The van der Waals surface area contributed by atoms with Crippen LogP contribution < -0.4 is 5.32 Å². The third kappa shape index (κ3) is 6.09. The molecule has 0 saturated heterocycles. The molecule has 1 unspecified atom stereocenters. The van der Waals surface area contributed by atoms with Crippen LogP contribution in [0.5, 0.6) is 0 Å². The fourth-order valence-corrected chi connectivity index (χ4v) is 1.77. The molecule has 0 heterocycles. The van der Waals surface area contributed by atoms with Crippen molar-refractivity contribution >= 4 is 14.1 Å². The molecule has 0 saturated carbocycles. The Morgan fingerprint density at radius 1 is 1.41 bits per heavy atom. The van der Waals surface area contributed by atoms with E-state index in [1.165, 1.54) is 6.66 Å². The van der Waals surface area contributed by atoms with E-state index in [1.807, 2.05) is 30.3 Å². The molecule has 1 amide bonds. The van der Waals surface area contributed by atoms with Crippen LogP contribution in [0.25, 0.3) is 0 Å². The minimum Gasteiger partial charge on any atom is -0.445 e. The van der Waals surface area contributed by atoms with Gasteiger partial charge in [-0.05, 0) is 12.5 Å². The maximum absolute atomic E-state index is 11.3. The second-order valence-electron chi connectivity index (χ2n) is 3.46. The summed E-state index contributed by atoms with van der Waals surface area (Å²) < 4.78 is 20.7. The molecule has 1 aromatic carbocycles. The van der Waals surface area contributed by atoms with E-state index < -0.39 is 20.3 Å². The lowest BCUT2D eigenvalue weighted by Gasteiger charge is -2.13. The number of hydrogen-bond donors (Lipinski definition) is 1. The van der Waals surface area contributed by atoms with E-state index in [1.54, 1.807) is 6.92 Å². The van der Waals surface area contributed by atoms with Gasteiger partial charge in [0.15, 0.2) is 8.03 Å². The lowest BCUT2D eigenvalue weighted by Crippen LogP contribution is -2.33. The van der Waals surface area contributed by atoms with Gasteiger partial charge in [-0.15, -0.1) is 0 Å².